The first-order valence-electron chi connectivity index (χ1n) is 8.49. The molecule has 0 unspecified atom stereocenters. The molecule has 0 amide bonds. The quantitative estimate of drug-likeness (QED) is 0.401. The zero-order valence-electron chi connectivity index (χ0n) is 14.8. The number of nitrogens with one attached hydrogen (secondary N) is 2. The van der Waals surface area contributed by atoms with Gasteiger partial charge in [-0.05, 0) is 38.5 Å². The molecule has 2 rings (SSSR count). The molecule has 0 aliphatic heterocycles. The molecule has 1 aliphatic rings. The van der Waals surface area contributed by atoms with Gasteiger partial charge in [0.25, 0.3) is 0 Å². The molecular weight excluding hydrogens is 419 g/mol. The number of rotatable bonds is 5. The molecule has 4 nitrogen and oxygen atoms in total. The number of aromatic nitrogens is 1. The van der Waals surface area contributed by atoms with Crippen molar-refractivity contribution in [3.63, 3.8) is 0 Å². The minimum absolute atomic E-state index is 0. The van der Waals surface area contributed by atoms with Gasteiger partial charge in [0.15, 0.2) is 5.96 Å². The molecule has 0 spiro atoms. The number of hydrogen-bond acceptors (Lipinski definition) is 3. The fraction of sp³-hybridized carbons (Fsp3) is 0.765. The second kappa shape index (κ2) is 10.5. The third kappa shape index (κ3) is 6.57. The lowest BCUT2D eigenvalue weighted by atomic mass is 9.81. The van der Waals surface area contributed by atoms with E-state index < -0.39 is 0 Å². The molecule has 1 heterocycles. The Bertz CT molecular complexity index is 493. The Morgan fingerprint density at radius 3 is 2.35 bits per heavy atom. The third-order valence-corrected chi connectivity index (χ3v) is 5.81. The largest absolute Gasteiger partial charge is 0.356 e. The first-order chi connectivity index (χ1) is 10.6. The van der Waals surface area contributed by atoms with Crippen molar-refractivity contribution in [1.29, 1.82) is 0 Å². The van der Waals surface area contributed by atoms with E-state index in [-0.39, 0.29) is 24.0 Å². The van der Waals surface area contributed by atoms with Crippen LogP contribution in [0.15, 0.2) is 4.99 Å². The summed E-state index contributed by atoms with van der Waals surface area (Å²) < 4.78 is 0. The van der Waals surface area contributed by atoms with E-state index in [1.165, 1.54) is 37.0 Å². The van der Waals surface area contributed by atoms with Gasteiger partial charge in [0, 0.05) is 18.5 Å². The lowest BCUT2D eigenvalue weighted by Gasteiger charge is -2.28. The lowest BCUT2D eigenvalue weighted by Crippen LogP contribution is -2.40. The van der Waals surface area contributed by atoms with Crippen molar-refractivity contribution in [2.45, 2.75) is 59.4 Å². The maximum atomic E-state index is 4.47. The fourth-order valence-corrected chi connectivity index (χ4v) is 4.08. The van der Waals surface area contributed by atoms with Gasteiger partial charge in [-0.1, -0.05) is 26.2 Å². The highest BCUT2D eigenvalue weighted by atomic mass is 127. The fourth-order valence-electron chi connectivity index (χ4n) is 3.21. The lowest BCUT2D eigenvalue weighted by molar-refractivity contribution is 0.269. The summed E-state index contributed by atoms with van der Waals surface area (Å²) in [4.78, 5) is 10.1. The molecular formula is C17H31IN4S. The number of guanidine groups is 1. The van der Waals surface area contributed by atoms with Gasteiger partial charge in [0.1, 0.15) is 0 Å². The summed E-state index contributed by atoms with van der Waals surface area (Å²) in [5.41, 5.74) is 1.13. The highest BCUT2D eigenvalue weighted by Crippen LogP contribution is 2.30. The first-order valence-corrected chi connectivity index (χ1v) is 9.31. The Morgan fingerprint density at radius 1 is 1.17 bits per heavy atom. The van der Waals surface area contributed by atoms with Crippen molar-refractivity contribution in [1.82, 2.24) is 15.6 Å². The number of halogens is 1. The maximum absolute atomic E-state index is 4.47. The van der Waals surface area contributed by atoms with E-state index in [2.05, 4.69) is 41.4 Å². The maximum Gasteiger partial charge on any atom is 0.191 e. The van der Waals surface area contributed by atoms with Crippen molar-refractivity contribution in [3.05, 3.63) is 15.6 Å². The molecule has 6 heteroatoms. The SMILES string of the molecule is CCC1CCC(CNC(=NC)NCc2sc(C)nc2C)CC1.I. The number of aryl methyl sites for hydroxylation is 2. The smallest absolute Gasteiger partial charge is 0.191 e. The second-order valence-corrected chi connectivity index (χ2v) is 7.63. The normalized spacial score (nSPS) is 21.7. The molecule has 1 aromatic rings. The third-order valence-electron chi connectivity index (χ3n) is 4.74. The zero-order chi connectivity index (χ0) is 15.9. The van der Waals surface area contributed by atoms with Gasteiger partial charge in [-0.2, -0.15) is 0 Å². The summed E-state index contributed by atoms with van der Waals surface area (Å²) in [6.45, 7) is 8.29. The van der Waals surface area contributed by atoms with Gasteiger partial charge in [0.2, 0.25) is 0 Å². The van der Waals surface area contributed by atoms with Crippen LogP contribution in [0.1, 0.15) is 54.6 Å². The molecule has 2 N–H and O–H groups in total. The Labute approximate surface area is 162 Å². The van der Waals surface area contributed by atoms with E-state index in [1.54, 1.807) is 11.3 Å². The van der Waals surface area contributed by atoms with Crippen molar-refractivity contribution in [3.8, 4) is 0 Å². The molecule has 0 atom stereocenters. The van der Waals surface area contributed by atoms with Crippen LogP contribution in [0.4, 0.5) is 0 Å². The summed E-state index contributed by atoms with van der Waals surface area (Å²) >= 11 is 1.76. The molecule has 0 bridgehead atoms. The molecule has 0 saturated heterocycles. The van der Waals surface area contributed by atoms with Gasteiger partial charge in [-0.15, -0.1) is 35.3 Å². The minimum atomic E-state index is 0. The van der Waals surface area contributed by atoms with Crippen molar-refractivity contribution in [2.75, 3.05) is 13.6 Å². The van der Waals surface area contributed by atoms with Crippen LogP contribution in [0.5, 0.6) is 0 Å². The van der Waals surface area contributed by atoms with E-state index in [9.17, 15) is 0 Å². The Kier molecular flexibility index (Phi) is 9.43. The molecule has 132 valence electrons. The Hall–Kier alpha value is -0.370. The van der Waals surface area contributed by atoms with Crippen LogP contribution in [-0.4, -0.2) is 24.5 Å². The standard InChI is InChI=1S/C17H30N4S.HI/c1-5-14-6-8-15(9-7-14)10-19-17(18-4)20-11-16-12(2)21-13(3)22-16;/h14-15H,5-11H2,1-4H3,(H2,18,19,20);1H. The summed E-state index contributed by atoms with van der Waals surface area (Å²) in [7, 11) is 1.84. The molecule has 1 aromatic heterocycles. The van der Waals surface area contributed by atoms with E-state index in [0.29, 0.717) is 0 Å². The predicted octanol–water partition coefficient (Wildman–Crippen LogP) is 4.26. The van der Waals surface area contributed by atoms with Gasteiger partial charge in [-0.3, -0.25) is 4.99 Å². The van der Waals surface area contributed by atoms with Crippen LogP contribution >= 0.6 is 35.3 Å². The highest BCUT2D eigenvalue weighted by Gasteiger charge is 2.19. The molecule has 1 aliphatic carbocycles. The number of thiazole rings is 1. The Morgan fingerprint density at radius 2 is 1.83 bits per heavy atom. The first kappa shape index (κ1) is 20.7. The minimum Gasteiger partial charge on any atom is -0.356 e. The van der Waals surface area contributed by atoms with Crippen molar-refractivity contribution in [2.24, 2.45) is 16.8 Å². The van der Waals surface area contributed by atoms with Crippen molar-refractivity contribution >= 4 is 41.3 Å². The average Bonchev–Trinajstić information content (AvgIpc) is 2.86. The van der Waals surface area contributed by atoms with E-state index in [1.807, 2.05) is 7.05 Å². The summed E-state index contributed by atoms with van der Waals surface area (Å²) in [6, 6.07) is 0. The zero-order valence-corrected chi connectivity index (χ0v) is 18.0. The highest BCUT2D eigenvalue weighted by molar-refractivity contribution is 14.0. The Balaban J connectivity index is 0.00000264. The van der Waals surface area contributed by atoms with Crippen molar-refractivity contribution < 1.29 is 0 Å². The van der Waals surface area contributed by atoms with Crippen LogP contribution in [-0.2, 0) is 6.54 Å². The van der Waals surface area contributed by atoms with Gasteiger partial charge in [-0.25, -0.2) is 4.98 Å². The topological polar surface area (TPSA) is 49.3 Å². The summed E-state index contributed by atoms with van der Waals surface area (Å²) in [5, 5.41) is 8.03. The summed E-state index contributed by atoms with van der Waals surface area (Å²) in [6.07, 6.45) is 6.85. The van der Waals surface area contributed by atoms with E-state index in [0.717, 1.165) is 41.6 Å². The number of hydrogen-bond donors (Lipinski definition) is 2. The molecule has 1 saturated carbocycles. The van der Waals surface area contributed by atoms with Crippen LogP contribution in [0.3, 0.4) is 0 Å². The van der Waals surface area contributed by atoms with Gasteiger partial charge < -0.3 is 10.6 Å². The monoisotopic (exact) mass is 450 g/mol. The van der Waals surface area contributed by atoms with E-state index in [4.69, 9.17) is 0 Å². The summed E-state index contributed by atoms with van der Waals surface area (Å²) in [5.74, 6) is 2.67. The molecule has 0 aromatic carbocycles. The van der Waals surface area contributed by atoms with Crippen LogP contribution in [0.2, 0.25) is 0 Å². The predicted molar refractivity (Wildman–Crippen MR) is 111 cm³/mol. The van der Waals surface area contributed by atoms with Crippen LogP contribution in [0, 0.1) is 25.7 Å². The van der Waals surface area contributed by atoms with Gasteiger partial charge in [0.05, 0.1) is 17.2 Å². The van der Waals surface area contributed by atoms with Gasteiger partial charge >= 0.3 is 0 Å². The molecule has 1 fully saturated rings. The van der Waals surface area contributed by atoms with Crippen LogP contribution in [0.25, 0.3) is 0 Å². The van der Waals surface area contributed by atoms with E-state index >= 15 is 0 Å². The molecule has 0 radical (unpaired) electrons. The number of nitrogens with zero attached hydrogens (tertiary/aromatic N) is 2. The van der Waals surface area contributed by atoms with Crippen LogP contribution < -0.4 is 10.6 Å². The average molecular weight is 450 g/mol. The second-order valence-electron chi connectivity index (χ2n) is 6.34. The molecule has 23 heavy (non-hydrogen) atoms. The number of aliphatic imine (C=N–C) groups is 1.